The summed E-state index contributed by atoms with van der Waals surface area (Å²) in [4.78, 5) is 2.34. The lowest BCUT2D eigenvalue weighted by atomic mass is 9.93. The van der Waals surface area contributed by atoms with Gasteiger partial charge in [0.25, 0.3) is 0 Å². The minimum atomic E-state index is 1.10. The van der Waals surface area contributed by atoms with Crippen LogP contribution in [0.5, 0.6) is 0 Å². The van der Waals surface area contributed by atoms with Crippen LogP contribution >= 0.6 is 0 Å². The smallest absolute Gasteiger partial charge is 0.0619 e. The molecule has 0 unspecified atom stereocenters. The van der Waals surface area contributed by atoms with E-state index in [4.69, 9.17) is 0 Å². The number of nitrogens with zero attached hydrogens (tertiary/aromatic N) is 2. The number of anilines is 3. The molecule has 0 aliphatic rings. The van der Waals surface area contributed by atoms with Crippen LogP contribution in [0.2, 0.25) is 0 Å². The average molecular weight is 739 g/mol. The Labute approximate surface area is 338 Å². The molecule has 0 aliphatic heterocycles. The van der Waals surface area contributed by atoms with Crippen LogP contribution in [0.25, 0.3) is 82.4 Å². The Morgan fingerprint density at radius 2 is 0.793 bits per heavy atom. The Kier molecular flexibility index (Phi) is 8.19. The second-order valence-corrected chi connectivity index (χ2v) is 14.9. The van der Waals surface area contributed by atoms with E-state index >= 15 is 0 Å². The molecule has 1 heterocycles. The Bertz CT molecular complexity index is 3250. The summed E-state index contributed by atoms with van der Waals surface area (Å²) in [5, 5.41) is 7.58. The second-order valence-electron chi connectivity index (χ2n) is 14.9. The molecule has 58 heavy (non-hydrogen) atoms. The fourth-order valence-corrected chi connectivity index (χ4v) is 8.93. The molecule has 0 amide bonds. The summed E-state index contributed by atoms with van der Waals surface area (Å²) in [6.45, 7) is 0. The maximum atomic E-state index is 2.47. The summed E-state index contributed by atoms with van der Waals surface area (Å²) < 4.78 is 2.47. The zero-order valence-corrected chi connectivity index (χ0v) is 31.8. The third-order valence-corrected chi connectivity index (χ3v) is 11.6. The van der Waals surface area contributed by atoms with Gasteiger partial charge in [-0.3, -0.25) is 0 Å². The van der Waals surface area contributed by atoms with Gasteiger partial charge in [-0.15, -0.1) is 0 Å². The molecule has 0 radical (unpaired) electrons. The van der Waals surface area contributed by atoms with Gasteiger partial charge in [-0.05, 0) is 98.4 Å². The molecule has 11 aromatic rings. The first-order valence-corrected chi connectivity index (χ1v) is 19.9. The van der Waals surface area contributed by atoms with E-state index in [0.29, 0.717) is 0 Å². The van der Waals surface area contributed by atoms with Gasteiger partial charge < -0.3 is 9.47 Å². The molecule has 0 N–H and O–H groups in total. The molecule has 10 aromatic carbocycles. The maximum absolute atomic E-state index is 2.47. The van der Waals surface area contributed by atoms with Crippen LogP contribution in [-0.2, 0) is 0 Å². The molecule has 0 saturated heterocycles. The van der Waals surface area contributed by atoms with Crippen molar-refractivity contribution in [3.63, 3.8) is 0 Å². The van der Waals surface area contributed by atoms with Crippen molar-refractivity contribution in [3.05, 3.63) is 231 Å². The molecule has 0 aliphatic carbocycles. The van der Waals surface area contributed by atoms with E-state index in [1.54, 1.807) is 0 Å². The molecule has 0 fully saturated rings. The number of fused-ring (bicyclic) bond motifs is 6. The lowest BCUT2D eigenvalue weighted by Crippen LogP contribution is -2.09. The molecule has 0 atom stereocenters. The summed E-state index contributed by atoms with van der Waals surface area (Å²) >= 11 is 0. The molecule has 0 bridgehead atoms. The molecule has 1 aromatic heterocycles. The van der Waals surface area contributed by atoms with Crippen LogP contribution in [0.3, 0.4) is 0 Å². The van der Waals surface area contributed by atoms with Crippen LogP contribution in [0, 0.1) is 0 Å². The number of hydrogen-bond acceptors (Lipinski definition) is 1. The van der Waals surface area contributed by atoms with Gasteiger partial charge in [0.05, 0.1) is 16.7 Å². The van der Waals surface area contributed by atoms with Crippen molar-refractivity contribution in [3.8, 4) is 39.1 Å². The van der Waals surface area contributed by atoms with Crippen LogP contribution in [0.15, 0.2) is 231 Å². The number of aromatic nitrogens is 1. The quantitative estimate of drug-likeness (QED) is 0.148. The van der Waals surface area contributed by atoms with Gasteiger partial charge >= 0.3 is 0 Å². The molecule has 272 valence electrons. The SMILES string of the molecule is c1ccc(-c2cccc3c4ccccc4n(-c4ccccc4-c4ccc(N(c5ccccc5)c5ccc(-c6cc7ccccc7c7ccccc67)cc5)cc4)c23)cc1. The standard InChI is InChI=1S/C56H38N2/c1-3-16-39(17-4-1)48-26-15-27-52-51-25-12-14-29-55(51)58(56(48)52)54-28-13-11-22-47(54)40-30-34-44(35-31-40)57(43-19-5-2-6-20-43)45-36-32-41(33-37-45)53-38-42-18-7-8-21-46(42)49-23-9-10-24-50(49)53/h1-38H. The lowest BCUT2D eigenvalue weighted by molar-refractivity contribution is 1.18. The first kappa shape index (κ1) is 33.6. The number of hydrogen-bond donors (Lipinski definition) is 0. The number of rotatable bonds is 7. The van der Waals surface area contributed by atoms with Crippen molar-refractivity contribution in [1.82, 2.24) is 4.57 Å². The minimum absolute atomic E-state index is 1.10. The fraction of sp³-hybridized carbons (Fsp3) is 0. The first-order chi connectivity index (χ1) is 28.8. The molecule has 0 spiro atoms. The second kappa shape index (κ2) is 14.1. The molecule has 2 nitrogen and oxygen atoms in total. The zero-order chi connectivity index (χ0) is 38.4. The van der Waals surface area contributed by atoms with Crippen molar-refractivity contribution < 1.29 is 0 Å². The summed E-state index contributed by atoms with van der Waals surface area (Å²) in [5.74, 6) is 0. The monoisotopic (exact) mass is 738 g/mol. The minimum Gasteiger partial charge on any atom is -0.311 e. The largest absolute Gasteiger partial charge is 0.311 e. The lowest BCUT2D eigenvalue weighted by Gasteiger charge is -2.26. The molecular formula is C56H38N2. The van der Waals surface area contributed by atoms with Crippen molar-refractivity contribution >= 4 is 60.4 Å². The highest BCUT2D eigenvalue weighted by atomic mass is 15.1. The van der Waals surface area contributed by atoms with Gasteiger partial charge in [0.15, 0.2) is 0 Å². The molecular weight excluding hydrogens is 701 g/mol. The van der Waals surface area contributed by atoms with E-state index in [9.17, 15) is 0 Å². The average Bonchev–Trinajstić information content (AvgIpc) is 3.64. The van der Waals surface area contributed by atoms with Gasteiger partial charge in [0, 0.05) is 39.0 Å². The predicted molar refractivity (Wildman–Crippen MR) is 247 cm³/mol. The Morgan fingerprint density at radius 1 is 0.293 bits per heavy atom. The Morgan fingerprint density at radius 3 is 1.53 bits per heavy atom. The maximum Gasteiger partial charge on any atom is 0.0619 e. The summed E-state index contributed by atoms with van der Waals surface area (Å²) in [7, 11) is 0. The predicted octanol–water partition coefficient (Wildman–Crippen LogP) is 15.6. The highest BCUT2D eigenvalue weighted by molar-refractivity contribution is 6.15. The normalized spacial score (nSPS) is 11.4. The van der Waals surface area contributed by atoms with Crippen LogP contribution in [-0.4, -0.2) is 4.57 Å². The summed E-state index contributed by atoms with van der Waals surface area (Å²) in [6.07, 6.45) is 0. The van der Waals surface area contributed by atoms with Gasteiger partial charge in [0.1, 0.15) is 0 Å². The summed E-state index contributed by atoms with van der Waals surface area (Å²) in [6, 6.07) is 83.5. The van der Waals surface area contributed by atoms with E-state index in [2.05, 4.69) is 240 Å². The van der Waals surface area contributed by atoms with E-state index in [-0.39, 0.29) is 0 Å². The van der Waals surface area contributed by atoms with E-state index in [1.165, 1.54) is 71.2 Å². The van der Waals surface area contributed by atoms with Gasteiger partial charge in [-0.2, -0.15) is 0 Å². The van der Waals surface area contributed by atoms with Crippen LogP contribution < -0.4 is 4.90 Å². The molecule has 2 heteroatoms. The van der Waals surface area contributed by atoms with Crippen molar-refractivity contribution in [2.45, 2.75) is 0 Å². The molecule has 0 saturated carbocycles. The molecule has 11 rings (SSSR count). The summed E-state index contributed by atoms with van der Waals surface area (Å²) in [5.41, 5.74) is 14.1. The Hall–Kier alpha value is -7.68. The highest BCUT2D eigenvalue weighted by Gasteiger charge is 2.19. The van der Waals surface area contributed by atoms with Gasteiger partial charge in [0.2, 0.25) is 0 Å². The highest BCUT2D eigenvalue weighted by Crippen LogP contribution is 2.42. The van der Waals surface area contributed by atoms with E-state index in [0.717, 1.165) is 28.3 Å². The third-order valence-electron chi connectivity index (χ3n) is 11.6. The van der Waals surface area contributed by atoms with Gasteiger partial charge in [-0.1, -0.05) is 176 Å². The fourth-order valence-electron chi connectivity index (χ4n) is 8.93. The van der Waals surface area contributed by atoms with Crippen molar-refractivity contribution in [2.24, 2.45) is 0 Å². The first-order valence-electron chi connectivity index (χ1n) is 19.9. The van der Waals surface area contributed by atoms with Crippen molar-refractivity contribution in [1.29, 1.82) is 0 Å². The van der Waals surface area contributed by atoms with Crippen molar-refractivity contribution in [2.75, 3.05) is 4.90 Å². The Balaban J connectivity index is 1.01. The van der Waals surface area contributed by atoms with E-state index in [1.807, 2.05) is 0 Å². The zero-order valence-electron chi connectivity index (χ0n) is 31.8. The third kappa shape index (κ3) is 5.66. The van der Waals surface area contributed by atoms with Crippen LogP contribution in [0.4, 0.5) is 17.1 Å². The number of para-hydroxylation sites is 4. The van der Waals surface area contributed by atoms with E-state index < -0.39 is 0 Å². The topological polar surface area (TPSA) is 8.17 Å². The van der Waals surface area contributed by atoms with Gasteiger partial charge in [-0.25, -0.2) is 0 Å². The van der Waals surface area contributed by atoms with Crippen LogP contribution in [0.1, 0.15) is 0 Å². The number of benzene rings is 10.